The fourth-order valence-electron chi connectivity index (χ4n) is 1.99. The van der Waals surface area contributed by atoms with Crippen LogP contribution >= 0.6 is 11.6 Å². The summed E-state index contributed by atoms with van der Waals surface area (Å²) in [5.74, 6) is 1.43. The van der Waals surface area contributed by atoms with Gasteiger partial charge in [0.1, 0.15) is 11.5 Å². The lowest BCUT2D eigenvalue weighted by molar-refractivity contribution is 0.477. The molecule has 0 spiro atoms. The summed E-state index contributed by atoms with van der Waals surface area (Å²) < 4.78 is 5.76. The molecule has 1 aromatic carbocycles. The summed E-state index contributed by atoms with van der Waals surface area (Å²) in [4.78, 5) is 4.00. The number of hydrogen-bond donors (Lipinski definition) is 1. The monoisotopic (exact) mass is 276 g/mol. The highest BCUT2D eigenvalue weighted by Crippen LogP contribution is 2.26. The van der Waals surface area contributed by atoms with Gasteiger partial charge in [-0.3, -0.25) is 4.98 Å². The van der Waals surface area contributed by atoms with Gasteiger partial charge in [-0.1, -0.05) is 30.7 Å². The third-order valence-electron chi connectivity index (χ3n) is 2.93. The van der Waals surface area contributed by atoms with Gasteiger partial charge in [-0.15, -0.1) is 0 Å². The number of ether oxygens (including phenoxy) is 1. The predicted octanol–water partition coefficient (Wildman–Crippen LogP) is 4.20. The maximum absolute atomic E-state index is 5.89. The van der Waals surface area contributed by atoms with Gasteiger partial charge in [-0.05, 0) is 31.2 Å². The number of nitrogens with one attached hydrogen (secondary N) is 1. The van der Waals surface area contributed by atoms with Crippen molar-refractivity contribution >= 4 is 11.6 Å². The summed E-state index contributed by atoms with van der Waals surface area (Å²) >= 11 is 5.89. The zero-order valence-corrected chi connectivity index (χ0v) is 11.8. The van der Waals surface area contributed by atoms with E-state index >= 15 is 0 Å². The smallest absolute Gasteiger partial charge is 0.147 e. The van der Waals surface area contributed by atoms with Crippen LogP contribution < -0.4 is 10.1 Å². The van der Waals surface area contributed by atoms with Gasteiger partial charge in [0.05, 0.1) is 11.2 Å². The number of rotatable bonds is 5. The van der Waals surface area contributed by atoms with Crippen molar-refractivity contribution in [1.29, 1.82) is 0 Å². The first-order valence-corrected chi connectivity index (χ1v) is 6.66. The highest BCUT2D eigenvalue weighted by atomic mass is 35.5. The largest absolute Gasteiger partial charge is 0.456 e. The number of benzene rings is 1. The van der Waals surface area contributed by atoms with E-state index in [1.165, 1.54) is 5.56 Å². The summed E-state index contributed by atoms with van der Waals surface area (Å²) in [5.41, 5.74) is 1.21. The zero-order valence-electron chi connectivity index (χ0n) is 11.1. The van der Waals surface area contributed by atoms with Crippen molar-refractivity contribution in [2.75, 3.05) is 7.05 Å². The van der Waals surface area contributed by atoms with Crippen molar-refractivity contribution in [2.24, 2.45) is 0 Å². The van der Waals surface area contributed by atoms with Gasteiger partial charge in [0.2, 0.25) is 0 Å². The minimum atomic E-state index is 0.334. The lowest BCUT2D eigenvalue weighted by Gasteiger charge is -2.15. The first-order valence-electron chi connectivity index (χ1n) is 6.28. The fourth-order valence-corrected chi connectivity index (χ4v) is 2.15. The van der Waals surface area contributed by atoms with Crippen molar-refractivity contribution in [3.63, 3.8) is 0 Å². The molecular formula is C15H17ClN2O. The van der Waals surface area contributed by atoms with Gasteiger partial charge in [0, 0.05) is 18.3 Å². The van der Waals surface area contributed by atoms with Crippen molar-refractivity contribution in [3.8, 4) is 11.5 Å². The van der Waals surface area contributed by atoms with Crippen LogP contribution in [0.15, 0.2) is 42.7 Å². The predicted molar refractivity (Wildman–Crippen MR) is 77.9 cm³/mol. The number of hydrogen-bond acceptors (Lipinski definition) is 3. The van der Waals surface area contributed by atoms with Crippen molar-refractivity contribution < 1.29 is 4.74 Å². The molecule has 0 aliphatic heterocycles. The Bertz CT molecular complexity index is 541. The van der Waals surface area contributed by atoms with Gasteiger partial charge in [0.25, 0.3) is 0 Å². The molecule has 2 aromatic rings. The van der Waals surface area contributed by atoms with Crippen LogP contribution in [0.3, 0.4) is 0 Å². The third-order valence-corrected chi connectivity index (χ3v) is 3.14. The molecule has 0 saturated carbocycles. The topological polar surface area (TPSA) is 34.1 Å². The normalized spacial score (nSPS) is 12.2. The van der Waals surface area contributed by atoms with E-state index in [0.717, 1.165) is 12.2 Å². The maximum atomic E-state index is 5.89. The fraction of sp³-hybridized carbons (Fsp3) is 0.267. The van der Waals surface area contributed by atoms with Gasteiger partial charge >= 0.3 is 0 Å². The van der Waals surface area contributed by atoms with Crippen LogP contribution in [-0.2, 0) is 0 Å². The molecule has 3 nitrogen and oxygen atoms in total. The molecule has 0 radical (unpaired) electrons. The Morgan fingerprint density at radius 2 is 2.11 bits per heavy atom. The Balaban J connectivity index is 2.19. The lowest BCUT2D eigenvalue weighted by Crippen LogP contribution is -2.14. The second kappa shape index (κ2) is 6.55. The van der Waals surface area contributed by atoms with Crippen LogP contribution in [-0.4, -0.2) is 12.0 Å². The molecule has 1 unspecified atom stereocenters. The van der Waals surface area contributed by atoms with E-state index in [4.69, 9.17) is 16.3 Å². The van der Waals surface area contributed by atoms with E-state index in [-0.39, 0.29) is 0 Å². The molecule has 19 heavy (non-hydrogen) atoms. The molecule has 1 heterocycles. The Morgan fingerprint density at radius 1 is 1.26 bits per heavy atom. The van der Waals surface area contributed by atoms with Gasteiger partial charge in [-0.2, -0.15) is 0 Å². The number of aromatic nitrogens is 1. The second-order valence-corrected chi connectivity index (χ2v) is 4.70. The van der Waals surface area contributed by atoms with Crippen molar-refractivity contribution in [1.82, 2.24) is 10.3 Å². The highest BCUT2D eigenvalue weighted by Gasteiger charge is 2.07. The first-order chi connectivity index (χ1) is 9.22. The van der Waals surface area contributed by atoms with E-state index in [0.29, 0.717) is 16.8 Å². The molecule has 0 aliphatic carbocycles. The number of halogens is 1. The van der Waals surface area contributed by atoms with Gasteiger partial charge in [0.15, 0.2) is 0 Å². The van der Waals surface area contributed by atoms with E-state index in [1.54, 1.807) is 18.5 Å². The van der Waals surface area contributed by atoms with E-state index in [9.17, 15) is 0 Å². The Kier molecular flexibility index (Phi) is 4.77. The van der Waals surface area contributed by atoms with Crippen LogP contribution in [0.5, 0.6) is 11.5 Å². The summed E-state index contributed by atoms with van der Waals surface area (Å²) in [7, 11) is 1.96. The minimum Gasteiger partial charge on any atom is -0.456 e. The zero-order chi connectivity index (χ0) is 13.7. The quantitative estimate of drug-likeness (QED) is 0.889. The Morgan fingerprint density at radius 3 is 2.79 bits per heavy atom. The summed E-state index contributed by atoms with van der Waals surface area (Å²) in [6, 6.07) is 10.1. The van der Waals surface area contributed by atoms with Crippen LogP contribution in [0.1, 0.15) is 24.9 Å². The average molecular weight is 277 g/mol. The third kappa shape index (κ3) is 3.69. The standard InChI is InChI=1S/C15H17ClN2O/c1-3-15(17-2)11-5-4-6-13(7-11)19-14-8-12(16)9-18-10-14/h4-10,15,17H,3H2,1-2H3. The molecule has 1 N–H and O–H groups in total. The number of pyridine rings is 1. The van der Waals surface area contributed by atoms with Crippen LogP contribution in [0.25, 0.3) is 0 Å². The maximum Gasteiger partial charge on any atom is 0.147 e. The molecule has 0 amide bonds. The molecule has 1 aromatic heterocycles. The first kappa shape index (κ1) is 13.8. The SMILES string of the molecule is CCC(NC)c1cccc(Oc2cncc(Cl)c2)c1. The van der Waals surface area contributed by atoms with Crippen LogP contribution in [0, 0.1) is 0 Å². The van der Waals surface area contributed by atoms with Gasteiger partial charge < -0.3 is 10.1 Å². The molecule has 4 heteroatoms. The molecule has 1 atom stereocenters. The van der Waals surface area contributed by atoms with Crippen molar-refractivity contribution in [3.05, 3.63) is 53.3 Å². The summed E-state index contributed by atoms with van der Waals surface area (Å²) in [6.07, 6.45) is 4.26. The van der Waals surface area contributed by atoms with E-state index in [1.807, 2.05) is 25.2 Å². The second-order valence-electron chi connectivity index (χ2n) is 4.26. The Labute approximate surface area is 118 Å². The van der Waals surface area contributed by atoms with Crippen molar-refractivity contribution in [2.45, 2.75) is 19.4 Å². The number of nitrogens with zero attached hydrogens (tertiary/aromatic N) is 1. The molecule has 0 saturated heterocycles. The minimum absolute atomic E-state index is 0.334. The average Bonchev–Trinajstić information content (AvgIpc) is 2.41. The molecule has 100 valence electrons. The lowest BCUT2D eigenvalue weighted by atomic mass is 10.0. The highest BCUT2D eigenvalue weighted by molar-refractivity contribution is 6.30. The van der Waals surface area contributed by atoms with E-state index < -0.39 is 0 Å². The molecular weight excluding hydrogens is 260 g/mol. The molecule has 0 fully saturated rings. The van der Waals surface area contributed by atoms with Crippen LogP contribution in [0.4, 0.5) is 0 Å². The Hall–Kier alpha value is -1.58. The van der Waals surface area contributed by atoms with E-state index in [2.05, 4.69) is 23.3 Å². The van der Waals surface area contributed by atoms with Gasteiger partial charge in [-0.25, -0.2) is 0 Å². The molecule has 0 bridgehead atoms. The molecule has 0 aliphatic rings. The summed E-state index contributed by atoms with van der Waals surface area (Å²) in [5, 5.41) is 3.84. The summed E-state index contributed by atoms with van der Waals surface area (Å²) in [6.45, 7) is 2.15. The molecule has 2 rings (SSSR count). The van der Waals surface area contributed by atoms with Crippen LogP contribution in [0.2, 0.25) is 5.02 Å².